The van der Waals surface area contributed by atoms with E-state index in [1.165, 1.54) is 36.4 Å². The number of anilines is 1. The number of rotatable bonds is 10. The lowest BCUT2D eigenvalue weighted by atomic mass is 10.1. The fourth-order valence-electron chi connectivity index (χ4n) is 3.69. The molecule has 0 atom stereocenters. The van der Waals surface area contributed by atoms with Gasteiger partial charge in [0.2, 0.25) is 5.91 Å². The molecule has 3 amide bonds. The topological polar surface area (TPSA) is 128 Å². The Labute approximate surface area is 240 Å². The van der Waals surface area contributed by atoms with Crippen molar-refractivity contribution in [3.8, 4) is 11.5 Å². The molecule has 1 fully saturated rings. The third-order valence-electron chi connectivity index (χ3n) is 5.42. The average Bonchev–Trinajstić information content (AvgIpc) is 3.15. The molecule has 0 radical (unpaired) electrons. The van der Waals surface area contributed by atoms with E-state index < -0.39 is 34.3 Å². The van der Waals surface area contributed by atoms with Crippen molar-refractivity contribution in [1.82, 2.24) is 4.90 Å². The van der Waals surface area contributed by atoms with Gasteiger partial charge in [-0.25, -0.2) is 4.39 Å². The molecule has 3 aromatic carbocycles. The van der Waals surface area contributed by atoms with E-state index in [0.29, 0.717) is 45.5 Å². The lowest BCUT2D eigenvalue weighted by Crippen LogP contribution is -2.36. The lowest BCUT2D eigenvalue weighted by molar-refractivity contribution is -0.384. The molecule has 0 unspecified atom stereocenters. The first kappa shape index (κ1) is 28.8. The number of hydrogen-bond acceptors (Lipinski definition) is 8. The zero-order chi connectivity index (χ0) is 28.8. The van der Waals surface area contributed by atoms with Gasteiger partial charge in [0, 0.05) is 17.8 Å². The first-order chi connectivity index (χ1) is 19.1. The monoisotopic (exact) mass is 629 g/mol. The van der Waals surface area contributed by atoms with Crippen LogP contribution in [0.3, 0.4) is 0 Å². The van der Waals surface area contributed by atoms with E-state index in [-0.39, 0.29) is 22.9 Å². The molecule has 10 nitrogen and oxygen atoms in total. The first-order valence-corrected chi connectivity index (χ1v) is 13.4. The zero-order valence-electron chi connectivity index (χ0n) is 20.9. The maximum absolute atomic E-state index is 13.4. The van der Waals surface area contributed by atoms with Crippen molar-refractivity contribution in [3.63, 3.8) is 0 Å². The van der Waals surface area contributed by atoms with Gasteiger partial charge in [0.05, 0.1) is 20.9 Å². The van der Waals surface area contributed by atoms with Crippen molar-refractivity contribution in [2.75, 3.05) is 18.5 Å². The summed E-state index contributed by atoms with van der Waals surface area (Å²) in [5.41, 5.74) is 1.25. The Morgan fingerprint density at radius 1 is 1.15 bits per heavy atom. The van der Waals surface area contributed by atoms with E-state index in [9.17, 15) is 28.9 Å². The van der Waals surface area contributed by atoms with E-state index in [1.807, 2.05) is 0 Å². The molecule has 0 spiro atoms. The van der Waals surface area contributed by atoms with Crippen LogP contribution in [-0.4, -0.2) is 40.0 Å². The number of imide groups is 1. The van der Waals surface area contributed by atoms with Crippen LogP contribution in [0.2, 0.25) is 0 Å². The first-order valence-electron chi connectivity index (χ1n) is 11.8. The van der Waals surface area contributed by atoms with Crippen LogP contribution in [0, 0.1) is 15.9 Å². The molecule has 1 aliphatic heterocycles. The molecule has 0 aliphatic carbocycles. The summed E-state index contributed by atoms with van der Waals surface area (Å²) in [6.07, 6.45) is 1.49. The van der Waals surface area contributed by atoms with Crippen LogP contribution in [0.4, 0.5) is 20.6 Å². The van der Waals surface area contributed by atoms with Crippen molar-refractivity contribution in [2.24, 2.45) is 0 Å². The fourth-order valence-corrected chi connectivity index (χ4v) is 5.10. The van der Waals surface area contributed by atoms with E-state index in [1.54, 1.807) is 31.2 Å². The summed E-state index contributed by atoms with van der Waals surface area (Å²) in [6.45, 7) is 1.60. The highest BCUT2D eigenvalue weighted by Gasteiger charge is 2.36. The summed E-state index contributed by atoms with van der Waals surface area (Å²) in [4.78, 5) is 49.3. The van der Waals surface area contributed by atoms with Crippen LogP contribution >= 0.6 is 27.7 Å². The Bertz CT molecular complexity index is 1530. The highest BCUT2D eigenvalue weighted by Crippen LogP contribution is 2.40. The second-order valence-corrected chi connectivity index (χ2v) is 10.2. The molecule has 0 aromatic heterocycles. The number of hydrogen-bond donors (Lipinski definition) is 1. The number of nitro benzene ring substituents is 1. The predicted molar refractivity (Wildman–Crippen MR) is 150 cm³/mol. The summed E-state index contributed by atoms with van der Waals surface area (Å²) in [5, 5.41) is 12.9. The summed E-state index contributed by atoms with van der Waals surface area (Å²) in [6, 6.07) is 14.6. The molecule has 1 aliphatic rings. The number of nitrogens with one attached hydrogen (secondary N) is 1. The maximum atomic E-state index is 13.4. The molecule has 206 valence electrons. The molecule has 1 heterocycles. The molecule has 0 bridgehead atoms. The number of halogens is 2. The van der Waals surface area contributed by atoms with E-state index in [0.717, 1.165) is 11.0 Å². The number of carbonyl (C=O) groups excluding carboxylic acids is 3. The van der Waals surface area contributed by atoms with Crippen molar-refractivity contribution < 1.29 is 33.2 Å². The SMILES string of the molecule is CCOc1cc(/C=C2/SC(=O)N(CC(=O)Nc3cccc(F)c3)C2=O)cc(Br)c1OCc1cccc([N+](=O)[O-])c1. The zero-order valence-corrected chi connectivity index (χ0v) is 23.3. The average molecular weight is 630 g/mol. The number of carbonyl (C=O) groups is 3. The lowest BCUT2D eigenvalue weighted by Gasteiger charge is -2.15. The van der Waals surface area contributed by atoms with Crippen LogP contribution in [0.1, 0.15) is 18.1 Å². The van der Waals surface area contributed by atoms with Gasteiger partial charge in [0.1, 0.15) is 19.0 Å². The molecule has 40 heavy (non-hydrogen) atoms. The maximum Gasteiger partial charge on any atom is 0.294 e. The van der Waals surface area contributed by atoms with Gasteiger partial charge in [-0.15, -0.1) is 0 Å². The number of ether oxygens (including phenoxy) is 2. The molecule has 4 rings (SSSR count). The highest BCUT2D eigenvalue weighted by molar-refractivity contribution is 9.10. The van der Waals surface area contributed by atoms with E-state index in [4.69, 9.17) is 9.47 Å². The van der Waals surface area contributed by atoms with Gasteiger partial charge in [0.25, 0.3) is 16.8 Å². The van der Waals surface area contributed by atoms with Crippen LogP contribution < -0.4 is 14.8 Å². The van der Waals surface area contributed by atoms with Crippen molar-refractivity contribution in [3.05, 3.63) is 97.1 Å². The Morgan fingerprint density at radius 2 is 1.93 bits per heavy atom. The second-order valence-electron chi connectivity index (χ2n) is 8.31. The van der Waals surface area contributed by atoms with Crippen LogP contribution in [-0.2, 0) is 16.2 Å². The third kappa shape index (κ3) is 7.04. The largest absolute Gasteiger partial charge is 0.490 e. The van der Waals surface area contributed by atoms with Gasteiger partial charge in [-0.1, -0.05) is 18.2 Å². The summed E-state index contributed by atoms with van der Waals surface area (Å²) in [5.74, 6) is -1.13. The van der Waals surface area contributed by atoms with Gasteiger partial charge >= 0.3 is 0 Å². The van der Waals surface area contributed by atoms with Gasteiger partial charge in [-0.3, -0.25) is 29.4 Å². The van der Waals surface area contributed by atoms with Gasteiger partial charge in [-0.2, -0.15) is 0 Å². The number of benzene rings is 3. The Balaban J connectivity index is 1.49. The second kappa shape index (κ2) is 12.7. The molecule has 13 heteroatoms. The Morgan fingerprint density at radius 3 is 2.65 bits per heavy atom. The number of nitrogens with zero attached hydrogens (tertiary/aromatic N) is 2. The van der Waals surface area contributed by atoms with E-state index in [2.05, 4.69) is 21.2 Å². The summed E-state index contributed by atoms with van der Waals surface area (Å²) >= 11 is 4.13. The van der Waals surface area contributed by atoms with Crippen LogP contribution in [0.25, 0.3) is 6.08 Å². The minimum atomic E-state index is -0.652. The van der Waals surface area contributed by atoms with Gasteiger partial charge < -0.3 is 14.8 Å². The summed E-state index contributed by atoms with van der Waals surface area (Å²) < 4.78 is 25.5. The van der Waals surface area contributed by atoms with Crippen molar-refractivity contribution >= 4 is 62.2 Å². The minimum absolute atomic E-state index is 0.0380. The molecular formula is C27H21BrFN3O7S. The van der Waals surface area contributed by atoms with Crippen molar-refractivity contribution in [2.45, 2.75) is 13.5 Å². The number of thioether (sulfide) groups is 1. The van der Waals surface area contributed by atoms with Crippen molar-refractivity contribution in [1.29, 1.82) is 0 Å². The van der Waals surface area contributed by atoms with Crippen LogP contribution in [0.15, 0.2) is 70.0 Å². The molecule has 0 saturated carbocycles. The Hall–Kier alpha value is -4.23. The Kier molecular flexibility index (Phi) is 9.17. The number of amides is 3. The predicted octanol–water partition coefficient (Wildman–Crippen LogP) is 6.15. The smallest absolute Gasteiger partial charge is 0.294 e. The minimum Gasteiger partial charge on any atom is -0.490 e. The third-order valence-corrected chi connectivity index (χ3v) is 6.91. The quantitative estimate of drug-likeness (QED) is 0.161. The standard InChI is InChI=1S/C27H21BrFN3O7S/c1-2-38-22-11-17(10-21(28)25(22)39-15-16-5-3-8-20(9-16)32(36)37)12-23-26(34)31(27(35)40-23)14-24(33)30-19-7-4-6-18(29)13-19/h3-13H,2,14-15H2,1H3,(H,30,33)/b23-12+. The van der Waals surface area contributed by atoms with E-state index >= 15 is 0 Å². The molecule has 1 N–H and O–H groups in total. The van der Waals surface area contributed by atoms with Gasteiger partial charge in [-0.05, 0) is 82.2 Å². The number of nitro groups is 1. The van der Waals surface area contributed by atoms with Gasteiger partial charge in [0.15, 0.2) is 11.5 Å². The normalized spacial score (nSPS) is 14.0. The van der Waals surface area contributed by atoms with Crippen LogP contribution in [0.5, 0.6) is 11.5 Å². The molecule has 3 aromatic rings. The summed E-state index contributed by atoms with van der Waals surface area (Å²) in [7, 11) is 0. The molecule has 1 saturated heterocycles. The fraction of sp³-hybridized carbons (Fsp3) is 0.148. The molecular weight excluding hydrogens is 609 g/mol. The highest BCUT2D eigenvalue weighted by atomic mass is 79.9. The number of non-ortho nitro benzene ring substituents is 1.